The van der Waals surface area contributed by atoms with Crippen LogP contribution in [0.2, 0.25) is 0 Å². The van der Waals surface area contributed by atoms with Crippen molar-refractivity contribution < 1.29 is 31.4 Å². The average Bonchev–Trinajstić information content (AvgIpc) is 3.10. The maximum absolute atomic E-state index is 12.6. The summed E-state index contributed by atoms with van der Waals surface area (Å²) in [5.74, 6) is 0.989. The number of nitrogens with zero attached hydrogens (tertiary/aromatic N) is 2. The van der Waals surface area contributed by atoms with E-state index in [1.165, 1.54) is 24.1 Å². The highest BCUT2D eigenvalue weighted by molar-refractivity contribution is 14.0. The molecule has 1 aliphatic rings. The highest BCUT2D eigenvalue weighted by Crippen LogP contribution is 2.26. The highest BCUT2D eigenvalue weighted by Gasteiger charge is 2.34. The maximum Gasteiger partial charge on any atom is 0.401 e. The third-order valence-electron chi connectivity index (χ3n) is 4.57. The molecular formula is C19H28F5IN4O2. The van der Waals surface area contributed by atoms with Gasteiger partial charge in [-0.05, 0) is 44.0 Å². The van der Waals surface area contributed by atoms with Crippen LogP contribution in [0.1, 0.15) is 18.9 Å². The summed E-state index contributed by atoms with van der Waals surface area (Å²) in [6.45, 7) is -0.164. The fourth-order valence-electron chi connectivity index (χ4n) is 3.24. The van der Waals surface area contributed by atoms with E-state index in [9.17, 15) is 22.0 Å². The number of hydrogen-bond acceptors (Lipinski definition) is 4. The molecule has 0 aliphatic carbocycles. The fourth-order valence-corrected chi connectivity index (χ4v) is 3.24. The summed E-state index contributed by atoms with van der Waals surface area (Å²) in [7, 11) is 1.46. The summed E-state index contributed by atoms with van der Waals surface area (Å²) in [5, 5.41) is 6.16. The van der Waals surface area contributed by atoms with Gasteiger partial charge in [-0.2, -0.15) is 22.0 Å². The van der Waals surface area contributed by atoms with Crippen molar-refractivity contribution in [3.63, 3.8) is 0 Å². The zero-order valence-electron chi connectivity index (χ0n) is 17.3. The molecule has 1 saturated heterocycles. The summed E-state index contributed by atoms with van der Waals surface area (Å²) in [5.41, 5.74) is 0.420. The van der Waals surface area contributed by atoms with E-state index in [1.54, 1.807) is 6.07 Å². The third kappa shape index (κ3) is 10.1. The number of hydrogen-bond donors (Lipinski definition) is 2. The van der Waals surface area contributed by atoms with Crippen LogP contribution in [0.4, 0.5) is 22.0 Å². The molecule has 31 heavy (non-hydrogen) atoms. The number of likely N-dealkylation sites (tertiary alicyclic amines) is 1. The Labute approximate surface area is 195 Å². The number of guanidine groups is 1. The molecule has 0 aromatic heterocycles. The highest BCUT2D eigenvalue weighted by atomic mass is 127. The van der Waals surface area contributed by atoms with Crippen LogP contribution in [0.5, 0.6) is 11.5 Å². The minimum Gasteiger partial charge on any atom is -0.497 e. The summed E-state index contributed by atoms with van der Waals surface area (Å²) < 4.78 is 72.5. The van der Waals surface area contributed by atoms with Crippen molar-refractivity contribution in [2.75, 3.05) is 39.8 Å². The number of rotatable bonds is 9. The largest absolute Gasteiger partial charge is 0.497 e. The van der Waals surface area contributed by atoms with Crippen LogP contribution in [0.3, 0.4) is 0 Å². The SMILES string of the molecule is CCNC(=NCc1cc(OC)ccc1OC(F)F)NCC1CCN(CC(F)(F)F)C1.I. The van der Waals surface area contributed by atoms with Crippen LogP contribution >= 0.6 is 24.0 Å². The van der Waals surface area contributed by atoms with Gasteiger partial charge in [0.25, 0.3) is 0 Å². The van der Waals surface area contributed by atoms with Crippen molar-refractivity contribution in [2.24, 2.45) is 10.9 Å². The van der Waals surface area contributed by atoms with Gasteiger partial charge in [-0.3, -0.25) is 4.90 Å². The lowest BCUT2D eigenvalue weighted by Crippen LogP contribution is -2.40. The lowest BCUT2D eigenvalue weighted by molar-refractivity contribution is -0.143. The number of nitrogens with one attached hydrogen (secondary N) is 2. The molecule has 0 spiro atoms. The first-order chi connectivity index (χ1) is 14.2. The Morgan fingerprint density at radius 3 is 2.65 bits per heavy atom. The quantitative estimate of drug-likeness (QED) is 0.206. The van der Waals surface area contributed by atoms with Gasteiger partial charge in [-0.1, -0.05) is 0 Å². The van der Waals surface area contributed by atoms with E-state index in [-0.39, 0.29) is 42.2 Å². The standard InChI is InChI=1S/C19H27F5N4O2.HI/c1-3-25-18(26-9-13-6-7-28(11-13)12-19(22,23)24)27-10-14-8-15(29-2)4-5-16(14)30-17(20)21;/h4-5,8,13,17H,3,6-7,9-12H2,1-2H3,(H2,25,26,27);1H. The predicted octanol–water partition coefficient (Wildman–Crippen LogP) is 3.85. The first-order valence-electron chi connectivity index (χ1n) is 9.63. The summed E-state index contributed by atoms with van der Waals surface area (Å²) in [6.07, 6.45) is -3.54. The van der Waals surface area contributed by atoms with E-state index in [0.717, 1.165) is 0 Å². The van der Waals surface area contributed by atoms with Gasteiger partial charge in [0.15, 0.2) is 5.96 Å². The molecule has 2 rings (SSSR count). The fraction of sp³-hybridized carbons (Fsp3) is 0.632. The van der Waals surface area contributed by atoms with E-state index in [1.807, 2.05) is 6.92 Å². The Morgan fingerprint density at radius 1 is 1.29 bits per heavy atom. The second-order valence-electron chi connectivity index (χ2n) is 6.93. The smallest absolute Gasteiger partial charge is 0.401 e. The van der Waals surface area contributed by atoms with Crippen LogP contribution in [-0.2, 0) is 6.54 Å². The van der Waals surface area contributed by atoms with Gasteiger partial charge < -0.3 is 20.1 Å². The van der Waals surface area contributed by atoms with Gasteiger partial charge in [0.2, 0.25) is 0 Å². The Morgan fingerprint density at radius 2 is 2.03 bits per heavy atom. The van der Waals surface area contributed by atoms with Crippen molar-refractivity contribution in [2.45, 2.75) is 32.7 Å². The van der Waals surface area contributed by atoms with Crippen LogP contribution in [0, 0.1) is 5.92 Å². The van der Waals surface area contributed by atoms with Gasteiger partial charge in [0.05, 0.1) is 20.2 Å². The first-order valence-corrected chi connectivity index (χ1v) is 9.63. The molecule has 0 radical (unpaired) electrons. The zero-order chi connectivity index (χ0) is 22.1. The third-order valence-corrected chi connectivity index (χ3v) is 4.57. The Kier molecular flexibility index (Phi) is 11.6. The molecule has 2 N–H and O–H groups in total. The van der Waals surface area contributed by atoms with Crippen molar-refractivity contribution in [1.82, 2.24) is 15.5 Å². The second-order valence-corrected chi connectivity index (χ2v) is 6.93. The number of ether oxygens (including phenoxy) is 2. The van der Waals surface area contributed by atoms with E-state index in [4.69, 9.17) is 4.74 Å². The van der Waals surface area contributed by atoms with Crippen molar-refractivity contribution in [3.8, 4) is 11.5 Å². The maximum atomic E-state index is 12.6. The summed E-state index contributed by atoms with van der Waals surface area (Å²) in [4.78, 5) is 5.78. The van der Waals surface area contributed by atoms with E-state index < -0.39 is 19.3 Å². The number of benzene rings is 1. The molecule has 1 unspecified atom stereocenters. The Bertz CT molecular complexity index is 706. The molecule has 1 heterocycles. The number of alkyl halides is 5. The lowest BCUT2D eigenvalue weighted by Gasteiger charge is -2.19. The van der Waals surface area contributed by atoms with Crippen molar-refractivity contribution >= 4 is 29.9 Å². The molecule has 1 aliphatic heterocycles. The van der Waals surface area contributed by atoms with E-state index in [2.05, 4.69) is 20.4 Å². The lowest BCUT2D eigenvalue weighted by atomic mass is 10.1. The normalized spacial score (nSPS) is 17.4. The summed E-state index contributed by atoms with van der Waals surface area (Å²) in [6, 6.07) is 4.47. The average molecular weight is 566 g/mol. The number of halogens is 6. The molecule has 0 saturated carbocycles. The second kappa shape index (κ2) is 13.1. The molecule has 0 bridgehead atoms. The minimum atomic E-state index is -4.20. The minimum absolute atomic E-state index is 0. The molecule has 1 fully saturated rings. The van der Waals surface area contributed by atoms with Gasteiger partial charge in [-0.25, -0.2) is 4.99 Å². The molecular weight excluding hydrogens is 538 g/mol. The van der Waals surface area contributed by atoms with E-state index >= 15 is 0 Å². The molecule has 6 nitrogen and oxygen atoms in total. The van der Waals surface area contributed by atoms with Crippen LogP contribution < -0.4 is 20.1 Å². The molecule has 1 aromatic rings. The molecule has 0 amide bonds. The molecule has 1 atom stereocenters. The Hall–Kier alpha value is -1.57. The van der Waals surface area contributed by atoms with Gasteiger partial charge in [0.1, 0.15) is 11.5 Å². The number of aliphatic imine (C=N–C) groups is 1. The molecule has 178 valence electrons. The molecule has 1 aromatic carbocycles. The van der Waals surface area contributed by atoms with Crippen LogP contribution in [0.25, 0.3) is 0 Å². The molecule has 12 heteroatoms. The van der Waals surface area contributed by atoms with Gasteiger partial charge >= 0.3 is 12.8 Å². The van der Waals surface area contributed by atoms with Crippen LogP contribution in [-0.4, -0.2) is 63.5 Å². The van der Waals surface area contributed by atoms with E-state index in [0.29, 0.717) is 49.9 Å². The van der Waals surface area contributed by atoms with Gasteiger partial charge in [-0.15, -0.1) is 24.0 Å². The first kappa shape index (κ1) is 27.5. The summed E-state index contributed by atoms with van der Waals surface area (Å²) >= 11 is 0. The van der Waals surface area contributed by atoms with Crippen molar-refractivity contribution in [1.29, 1.82) is 0 Å². The monoisotopic (exact) mass is 566 g/mol. The topological polar surface area (TPSA) is 58.1 Å². The number of methoxy groups -OCH3 is 1. The Balaban J connectivity index is 0.00000480. The zero-order valence-corrected chi connectivity index (χ0v) is 19.7. The van der Waals surface area contributed by atoms with Gasteiger partial charge in [0, 0.05) is 25.2 Å². The van der Waals surface area contributed by atoms with Crippen molar-refractivity contribution in [3.05, 3.63) is 23.8 Å². The van der Waals surface area contributed by atoms with Crippen LogP contribution in [0.15, 0.2) is 23.2 Å². The predicted molar refractivity (Wildman–Crippen MR) is 118 cm³/mol.